The van der Waals surface area contributed by atoms with Gasteiger partial charge in [0.05, 0.1) is 19.7 Å². The van der Waals surface area contributed by atoms with E-state index >= 15 is 0 Å². The van der Waals surface area contributed by atoms with Crippen LogP contribution in [0.3, 0.4) is 0 Å². The first-order valence-corrected chi connectivity index (χ1v) is 7.21. The number of amides is 1. The van der Waals surface area contributed by atoms with Gasteiger partial charge >= 0.3 is 0 Å². The summed E-state index contributed by atoms with van der Waals surface area (Å²) in [5, 5.41) is 6.22. The number of methoxy groups -OCH3 is 1. The van der Waals surface area contributed by atoms with Gasteiger partial charge in [0.2, 0.25) is 5.91 Å². The van der Waals surface area contributed by atoms with Crippen LogP contribution in [-0.2, 0) is 4.79 Å². The van der Waals surface area contributed by atoms with Crippen molar-refractivity contribution in [1.82, 2.24) is 15.5 Å². The molecule has 0 saturated carbocycles. The lowest BCUT2D eigenvalue weighted by molar-refractivity contribution is -0.122. The van der Waals surface area contributed by atoms with Crippen molar-refractivity contribution in [3.63, 3.8) is 0 Å². The van der Waals surface area contributed by atoms with Crippen molar-refractivity contribution in [2.24, 2.45) is 0 Å². The number of hydrogen-bond donors (Lipinski definition) is 2. The van der Waals surface area contributed by atoms with E-state index in [0.717, 1.165) is 30.9 Å². The quantitative estimate of drug-likeness (QED) is 0.766. The second-order valence-corrected chi connectivity index (χ2v) is 5.03. The molecule has 1 saturated heterocycles. The Bertz CT molecular complexity index is 490. The van der Waals surface area contributed by atoms with Gasteiger partial charge in [-0.25, -0.2) is 0 Å². The smallest absolute Gasteiger partial charge is 0.234 e. The lowest BCUT2D eigenvalue weighted by atomic mass is 10.0. The molecular formula is C16H23N3O2. The standard InChI is InChI=1S/C16H23N3O2/c1-3-8-18-16(20)12-19-10-9-17-11-14(19)13-6-4-5-7-15(13)21-2/h3-7,14,17H,1,8-12H2,2H3,(H,18,20). The number of hydrogen-bond acceptors (Lipinski definition) is 4. The first-order chi connectivity index (χ1) is 10.3. The molecule has 2 N–H and O–H groups in total. The summed E-state index contributed by atoms with van der Waals surface area (Å²) in [7, 11) is 1.68. The van der Waals surface area contributed by atoms with E-state index in [1.807, 2.05) is 18.2 Å². The maximum absolute atomic E-state index is 11.9. The Balaban J connectivity index is 2.11. The molecule has 0 bridgehead atoms. The second-order valence-electron chi connectivity index (χ2n) is 5.03. The third-order valence-corrected chi connectivity index (χ3v) is 3.64. The topological polar surface area (TPSA) is 53.6 Å². The zero-order valence-electron chi connectivity index (χ0n) is 12.5. The molecule has 0 aromatic heterocycles. The van der Waals surface area contributed by atoms with E-state index in [1.54, 1.807) is 13.2 Å². The van der Waals surface area contributed by atoms with Crippen molar-refractivity contribution in [2.45, 2.75) is 6.04 Å². The highest BCUT2D eigenvalue weighted by Crippen LogP contribution is 2.29. The second kappa shape index (κ2) is 7.81. The molecule has 1 atom stereocenters. The maximum Gasteiger partial charge on any atom is 0.234 e. The Morgan fingerprint density at radius 3 is 3.14 bits per heavy atom. The fraction of sp³-hybridized carbons (Fsp3) is 0.438. The third kappa shape index (κ3) is 4.06. The van der Waals surface area contributed by atoms with Crippen LogP contribution in [0.4, 0.5) is 0 Å². The highest BCUT2D eigenvalue weighted by molar-refractivity contribution is 5.78. The van der Waals surface area contributed by atoms with Gasteiger partial charge in [0.25, 0.3) is 0 Å². The number of carbonyl (C=O) groups excluding carboxylic acids is 1. The summed E-state index contributed by atoms with van der Waals surface area (Å²) in [6, 6.07) is 8.12. The molecular weight excluding hydrogens is 266 g/mol. The van der Waals surface area contributed by atoms with Crippen molar-refractivity contribution < 1.29 is 9.53 Å². The minimum atomic E-state index is 0.0247. The van der Waals surface area contributed by atoms with Gasteiger partial charge in [-0.1, -0.05) is 24.3 Å². The Labute approximate surface area is 126 Å². The predicted molar refractivity (Wildman–Crippen MR) is 83.4 cm³/mol. The van der Waals surface area contributed by atoms with E-state index in [1.165, 1.54) is 0 Å². The van der Waals surface area contributed by atoms with Gasteiger partial charge in [-0.15, -0.1) is 6.58 Å². The van der Waals surface area contributed by atoms with Crippen LogP contribution in [-0.4, -0.2) is 50.6 Å². The molecule has 21 heavy (non-hydrogen) atoms. The fourth-order valence-corrected chi connectivity index (χ4v) is 2.61. The van der Waals surface area contributed by atoms with Crippen molar-refractivity contribution in [1.29, 1.82) is 0 Å². The highest BCUT2D eigenvalue weighted by Gasteiger charge is 2.27. The van der Waals surface area contributed by atoms with Crippen LogP contribution >= 0.6 is 0 Å². The number of nitrogens with one attached hydrogen (secondary N) is 2. The summed E-state index contributed by atoms with van der Waals surface area (Å²) >= 11 is 0. The molecule has 1 aliphatic heterocycles. The minimum absolute atomic E-state index is 0.0247. The van der Waals surface area contributed by atoms with E-state index in [4.69, 9.17) is 4.74 Å². The van der Waals surface area contributed by atoms with Gasteiger partial charge < -0.3 is 15.4 Å². The van der Waals surface area contributed by atoms with Gasteiger partial charge in [0.15, 0.2) is 0 Å². The average molecular weight is 289 g/mol. The molecule has 2 rings (SSSR count). The SMILES string of the molecule is C=CCNC(=O)CN1CCNCC1c1ccccc1OC. The van der Waals surface area contributed by atoms with Crippen molar-refractivity contribution >= 4 is 5.91 Å². The molecule has 0 radical (unpaired) electrons. The Morgan fingerprint density at radius 1 is 1.57 bits per heavy atom. The molecule has 1 fully saturated rings. The number of nitrogens with zero attached hydrogens (tertiary/aromatic N) is 1. The van der Waals surface area contributed by atoms with Gasteiger partial charge in [-0.05, 0) is 6.07 Å². The molecule has 1 aromatic rings. The van der Waals surface area contributed by atoms with Crippen LogP contribution in [0.25, 0.3) is 0 Å². The van der Waals surface area contributed by atoms with Crippen LogP contribution in [0.5, 0.6) is 5.75 Å². The van der Waals surface area contributed by atoms with Crippen molar-refractivity contribution in [2.75, 3.05) is 39.8 Å². The van der Waals surface area contributed by atoms with Crippen LogP contribution in [0.1, 0.15) is 11.6 Å². The summed E-state index contributed by atoms with van der Waals surface area (Å²) in [5.74, 6) is 0.888. The lowest BCUT2D eigenvalue weighted by Gasteiger charge is -2.36. The number of carbonyl (C=O) groups is 1. The first kappa shape index (κ1) is 15.5. The average Bonchev–Trinajstić information content (AvgIpc) is 2.53. The van der Waals surface area contributed by atoms with E-state index in [0.29, 0.717) is 13.1 Å². The molecule has 1 aromatic carbocycles. The van der Waals surface area contributed by atoms with E-state index in [-0.39, 0.29) is 11.9 Å². The van der Waals surface area contributed by atoms with Crippen LogP contribution < -0.4 is 15.4 Å². The Morgan fingerprint density at radius 2 is 2.38 bits per heavy atom. The third-order valence-electron chi connectivity index (χ3n) is 3.64. The van der Waals surface area contributed by atoms with Crippen LogP contribution in [0.15, 0.2) is 36.9 Å². The maximum atomic E-state index is 11.9. The number of ether oxygens (including phenoxy) is 1. The van der Waals surface area contributed by atoms with Gasteiger partial charge in [-0.3, -0.25) is 9.69 Å². The molecule has 1 unspecified atom stereocenters. The van der Waals surface area contributed by atoms with Crippen molar-refractivity contribution in [3.8, 4) is 5.75 Å². The summed E-state index contributed by atoms with van der Waals surface area (Å²) in [6.07, 6.45) is 1.69. The first-order valence-electron chi connectivity index (χ1n) is 7.21. The summed E-state index contributed by atoms with van der Waals surface area (Å²) in [5.41, 5.74) is 1.11. The molecule has 1 amide bonds. The highest BCUT2D eigenvalue weighted by atomic mass is 16.5. The largest absolute Gasteiger partial charge is 0.496 e. The molecule has 1 aliphatic rings. The zero-order valence-corrected chi connectivity index (χ0v) is 12.5. The summed E-state index contributed by atoms with van der Waals surface area (Å²) in [6.45, 7) is 7.04. The van der Waals surface area contributed by atoms with E-state index in [9.17, 15) is 4.79 Å². The number of piperazine rings is 1. The normalized spacial score (nSPS) is 19.0. The Hall–Kier alpha value is -1.85. The van der Waals surface area contributed by atoms with E-state index < -0.39 is 0 Å². The van der Waals surface area contributed by atoms with Gasteiger partial charge in [0.1, 0.15) is 5.75 Å². The fourth-order valence-electron chi connectivity index (χ4n) is 2.61. The number of para-hydroxylation sites is 1. The van der Waals surface area contributed by atoms with E-state index in [2.05, 4.69) is 28.2 Å². The monoisotopic (exact) mass is 289 g/mol. The molecule has 0 spiro atoms. The lowest BCUT2D eigenvalue weighted by Crippen LogP contribution is -2.49. The minimum Gasteiger partial charge on any atom is -0.496 e. The number of benzene rings is 1. The molecule has 114 valence electrons. The molecule has 0 aliphatic carbocycles. The Kier molecular flexibility index (Phi) is 5.78. The molecule has 1 heterocycles. The van der Waals surface area contributed by atoms with Gasteiger partial charge in [0, 0.05) is 31.7 Å². The number of rotatable bonds is 6. The van der Waals surface area contributed by atoms with Crippen LogP contribution in [0, 0.1) is 0 Å². The molecule has 5 nitrogen and oxygen atoms in total. The zero-order chi connectivity index (χ0) is 15.1. The predicted octanol–water partition coefficient (Wildman–Crippen LogP) is 0.944. The van der Waals surface area contributed by atoms with Crippen LogP contribution in [0.2, 0.25) is 0 Å². The van der Waals surface area contributed by atoms with Gasteiger partial charge in [-0.2, -0.15) is 0 Å². The van der Waals surface area contributed by atoms with Crippen molar-refractivity contribution in [3.05, 3.63) is 42.5 Å². The summed E-state index contributed by atoms with van der Waals surface area (Å²) < 4.78 is 5.45. The molecule has 5 heteroatoms. The summed E-state index contributed by atoms with van der Waals surface area (Å²) in [4.78, 5) is 14.1.